The number of ether oxygens (including phenoxy) is 1. The van der Waals surface area contributed by atoms with Crippen LogP contribution in [0.15, 0.2) is 6.20 Å². The van der Waals surface area contributed by atoms with Crippen LogP contribution in [0.1, 0.15) is 95.6 Å². The lowest BCUT2D eigenvalue weighted by Crippen LogP contribution is -2.62. The van der Waals surface area contributed by atoms with Gasteiger partial charge in [-0.2, -0.15) is 0 Å². The molecule has 4 N–H and O–H groups in total. The van der Waals surface area contributed by atoms with Crippen LogP contribution in [0.5, 0.6) is 0 Å². The monoisotopic (exact) mass is 548 g/mol. The van der Waals surface area contributed by atoms with Crippen LogP contribution in [0.2, 0.25) is 0 Å². The molecule has 4 aliphatic carbocycles. The van der Waals surface area contributed by atoms with E-state index in [0.717, 1.165) is 62.3 Å². The number of piperidine rings is 1. The van der Waals surface area contributed by atoms with Crippen molar-refractivity contribution in [2.75, 3.05) is 26.3 Å². The topological polar surface area (TPSA) is 124 Å². The van der Waals surface area contributed by atoms with Crippen molar-refractivity contribution in [1.29, 1.82) is 0 Å². The number of β-amino-alcohol motifs (C(OH)–C–C–N with tert-alkyl or cyclic N) is 1. The van der Waals surface area contributed by atoms with E-state index in [1.807, 2.05) is 9.58 Å². The average molecular weight is 549 g/mol. The number of unbranched alkanes of at least 4 members (excludes halogenated alkanes) is 7. The first-order valence-corrected chi connectivity index (χ1v) is 15.8. The predicted octanol–water partition coefficient (Wildman–Crippen LogP) is 2.89. The second-order valence-corrected chi connectivity index (χ2v) is 13.5. The van der Waals surface area contributed by atoms with Crippen molar-refractivity contribution in [2.45, 2.75) is 127 Å². The normalized spacial score (nSPS) is 36.2. The summed E-state index contributed by atoms with van der Waals surface area (Å²) in [6, 6.07) is -0.496. The van der Waals surface area contributed by atoms with E-state index >= 15 is 0 Å². The zero-order valence-corrected chi connectivity index (χ0v) is 23.7. The van der Waals surface area contributed by atoms with Crippen LogP contribution in [0, 0.1) is 23.2 Å². The van der Waals surface area contributed by atoms with Gasteiger partial charge >= 0.3 is 0 Å². The van der Waals surface area contributed by atoms with Gasteiger partial charge in [0.15, 0.2) is 0 Å². The Balaban J connectivity index is 0.870. The average Bonchev–Trinajstić information content (AvgIpc) is 3.35. The molecule has 0 spiro atoms. The molecular weight excluding hydrogens is 496 g/mol. The quantitative estimate of drug-likeness (QED) is 0.233. The van der Waals surface area contributed by atoms with Gasteiger partial charge in [-0.05, 0) is 87.5 Å². The van der Waals surface area contributed by atoms with Crippen molar-refractivity contribution in [3.05, 3.63) is 11.9 Å². The molecule has 4 saturated carbocycles. The Morgan fingerprint density at radius 1 is 0.846 bits per heavy atom. The second kappa shape index (κ2) is 13.7. The molecule has 2 heterocycles. The smallest absolute Gasteiger partial charge is 0.141 e. The molecule has 5 fully saturated rings. The van der Waals surface area contributed by atoms with Gasteiger partial charge in [-0.25, -0.2) is 4.68 Å². The number of nitrogens with zero attached hydrogens (tertiary/aromatic N) is 4. The maximum atomic E-state index is 10.1. The van der Waals surface area contributed by atoms with Crippen LogP contribution in [0.4, 0.5) is 0 Å². The SMILES string of the molecule is OC[C@@H]1[C@@H](O)[C@H](O)[C@@H](O)CN1CCCCCCCCCCc1cn(COCC23CC4CC(CC(C4)C2)C3)nn1. The molecule has 39 heavy (non-hydrogen) atoms. The van der Waals surface area contributed by atoms with Crippen molar-refractivity contribution in [3.8, 4) is 0 Å². The van der Waals surface area contributed by atoms with Crippen molar-refractivity contribution >= 4 is 0 Å². The number of hydrogen-bond acceptors (Lipinski definition) is 8. The minimum Gasteiger partial charge on any atom is -0.395 e. The molecule has 0 amide bonds. The van der Waals surface area contributed by atoms with Gasteiger partial charge < -0.3 is 25.2 Å². The van der Waals surface area contributed by atoms with Crippen molar-refractivity contribution in [1.82, 2.24) is 19.9 Å². The molecule has 6 rings (SSSR count). The molecule has 5 aliphatic rings. The molecule has 0 radical (unpaired) electrons. The molecule has 9 heteroatoms. The standard InChI is InChI=1S/C30H52N4O5/c35-19-26-28(37)29(38)27(36)18-33(26)10-8-6-4-2-1-3-5-7-9-25-17-34(32-31-25)21-39-20-30-14-22-11-23(15-30)13-24(12-22)16-30/h17,22-24,26-29,35-38H,1-16,18-21H2/t22?,23?,24?,26-,27+,28-,29-,30?/m1/s1. The van der Waals surface area contributed by atoms with Gasteiger partial charge in [0.2, 0.25) is 0 Å². The summed E-state index contributed by atoms with van der Waals surface area (Å²) in [5.74, 6) is 2.89. The molecule has 1 aliphatic heterocycles. The van der Waals surface area contributed by atoms with Gasteiger partial charge in [0.25, 0.3) is 0 Å². The van der Waals surface area contributed by atoms with Crippen LogP contribution < -0.4 is 0 Å². The molecule has 9 nitrogen and oxygen atoms in total. The zero-order valence-electron chi connectivity index (χ0n) is 23.7. The fourth-order valence-corrected chi connectivity index (χ4v) is 8.66. The third kappa shape index (κ3) is 7.60. The third-order valence-electron chi connectivity index (χ3n) is 10.2. The lowest BCUT2D eigenvalue weighted by Gasteiger charge is -2.56. The van der Waals surface area contributed by atoms with Gasteiger partial charge in [0.05, 0.1) is 37.3 Å². The summed E-state index contributed by atoms with van der Waals surface area (Å²) in [6.45, 7) is 2.22. The number of aryl methyl sites for hydroxylation is 1. The Morgan fingerprint density at radius 3 is 2.10 bits per heavy atom. The van der Waals surface area contributed by atoms with E-state index in [1.165, 1.54) is 70.6 Å². The fraction of sp³-hybridized carbons (Fsp3) is 0.933. The second-order valence-electron chi connectivity index (χ2n) is 13.5. The van der Waals surface area contributed by atoms with Crippen molar-refractivity contribution in [2.24, 2.45) is 23.2 Å². The molecule has 4 bridgehead atoms. The van der Waals surface area contributed by atoms with Gasteiger partial charge in [-0.3, -0.25) is 4.90 Å². The van der Waals surface area contributed by atoms with Gasteiger partial charge in [-0.15, -0.1) is 5.10 Å². The first kappa shape index (κ1) is 29.4. The van der Waals surface area contributed by atoms with Crippen molar-refractivity contribution in [3.63, 3.8) is 0 Å². The number of likely N-dealkylation sites (tertiary alicyclic amines) is 1. The first-order chi connectivity index (χ1) is 18.9. The van der Waals surface area contributed by atoms with E-state index in [1.54, 1.807) is 0 Å². The van der Waals surface area contributed by atoms with Crippen LogP contribution in [-0.4, -0.2) is 91.0 Å². The van der Waals surface area contributed by atoms with Crippen LogP contribution in [0.3, 0.4) is 0 Å². The molecule has 222 valence electrons. The van der Waals surface area contributed by atoms with Gasteiger partial charge in [0, 0.05) is 6.54 Å². The molecule has 4 atom stereocenters. The van der Waals surface area contributed by atoms with Gasteiger partial charge in [0.1, 0.15) is 18.9 Å². The van der Waals surface area contributed by atoms with Crippen molar-refractivity contribution < 1.29 is 25.2 Å². The van der Waals surface area contributed by atoms with Gasteiger partial charge in [-0.1, -0.05) is 43.7 Å². The Labute approximate surface area is 233 Å². The largest absolute Gasteiger partial charge is 0.395 e. The van der Waals surface area contributed by atoms with E-state index in [9.17, 15) is 20.4 Å². The van der Waals surface area contributed by atoms with E-state index in [2.05, 4.69) is 16.5 Å². The highest BCUT2D eigenvalue weighted by Crippen LogP contribution is 2.60. The van der Waals surface area contributed by atoms with Crippen LogP contribution >= 0.6 is 0 Å². The summed E-state index contributed by atoms with van der Waals surface area (Å²) in [6.07, 6.45) is 17.6. The highest BCUT2D eigenvalue weighted by Gasteiger charge is 2.50. The van der Waals surface area contributed by atoms with Crippen LogP contribution in [-0.2, 0) is 17.9 Å². The highest BCUT2D eigenvalue weighted by molar-refractivity contribution is 5.01. The summed E-state index contributed by atoms with van der Waals surface area (Å²) >= 11 is 0. The third-order valence-corrected chi connectivity index (χ3v) is 10.2. The number of aliphatic hydroxyl groups is 4. The maximum Gasteiger partial charge on any atom is 0.141 e. The summed E-state index contributed by atoms with van der Waals surface area (Å²) in [5.41, 5.74) is 1.52. The van der Waals surface area contributed by atoms with Crippen LogP contribution in [0.25, 0.3) is 0 Å². The van der Waals surface area contributed by atoms with E-state index in [0.29, 0.717) is 18.7 Å². The Morgan fingerprint density at radius 2 is 1.46 bits per heavy atom. The minimum atomic E-state index is -1.18. The van der Waals surface area contributed by atoms with E-state index in [-0.39, 0.29) is 6.61 Å². The predicted molar refractivity (Wildman–Crippen MR) is 148 cm³/mol. The lowest BCUT2D eigenvalue weighted by atomic mass is 9.50. The maximum absolute atomic E-state index is 10.1. The molecule has 0 aromatic carbocycles. The molecular formula is C30H52N4O5. The fourth-order valence-electron chi connectivity index (χ4n) is 8.66. The molecule has 0 unspecified atom stereocenters. The zero-order chi connectivity index (χ0) is 27.2. The lowest BCUT2D eigenvalue weighted by molar-refractivity contribution is -0.145. The first-order valence-electron chi connectivity index (χ1n) is 15.8. The minimum absolute atomic E-state index is 0.212. The number of aliphatic hydroxyl groups excluding tert-OH is 4. The van der Waals surface area contributed by atoms with E-state index < -0.39 is 24.4 Å². The Kier molecular flexibility index (Phi) is 10.3. The number of hydrogen-bond donors (Lipinski definition) is 4. The Bertz CT molecular complexity index is 846. The molecule has 1 aromatic rings. The number of rotatable bonds is 16. The Hall–Kier alpha value is -1.10. The summed E-state index contributed by atoms with van der Waals surface area (Å²) in [5, 5.41) is 48.0. The summed E-state index contributed by atoms with van der Waals surface area (Å²) < 4.78 is 8.06. The summed E-state index contributed by atoms with van der Waals surface area (Å²) in [4.78, 5) is 1.91. The summed E-state index contributed by atoms with van der Waals surface area (Å²) in [7, 11) is 0. The number of aromatic nitrogens is 3. The molecule has 1 saturated heterocycles. The molecule has 1 aromatic heterocycles. The highest BCUT2D eigenvalue weighted by atomic mass is 16.5. The van der Waals surface area contributed by atoms with E-state index in [4.69, 9.17) is 4.74 Å².